The van der Waals surface area contributed by atoms with Gasteiger partial charge >= 0.3 is 0 Å². The molecule has 0 amide bonds. The molecule has 1 atom stereocenters. The average molecular weight is 270 g/mol. The van der Waals surface area contributed by atoms with Crippen LogP contribution in [-0.4, -0.2) is 32.8 Å². The van der Waals surface area contributed by atoms with Gasteiger partial charge in [-0.3, -0.25) is 14.6 Å². The number of rotatable bonds is 3. The van der Waals surface area contributed by atoms with Crippen LogP contribution in [-0.2, 0) is 13.6 Å². The quantitative estimate of drug-likeness (QED) is 0.859. The largest absolute Gasteiger partial charge is 0.298 e. The average Bonchev–Trinajstić information content (AvgIpc) is 2.85. The van der Waals surface area contributed by atoms with Crippen molar-refractivity contribution in [1.82, 2.24) is 19.7 Å². The topological polar surface area (TPSA) is 34.0 Å². The fraction of sp³-hybridized carbons (Fsp3) is 0.500. The van der Waals surface area contributed by atoms with Crippen molar-refractivity contribution in [3.8, 4) is 0 Å². The fourth-order valence-electron chi connectivity index (χ4n) is 2.97. The second-order valence-electron chi connectivity index (χ2n) is 5.86. The molecule has 106 valence electrons. The third-order valence-corrected chi connectivity index (χ3v) is 4.02. The van der Waals surface area contributed by atoms with E-state index < -0.39 is 0 Å². The number of aryl methyl sites for hydroxylation is 2. The van der Waals surface area contributed by atoms with E-state index in [9.17, 15) is 0 Å². The number of hydrogen-bond donors (Lipinski definition) is 0. The van der Waals surface area contributed by atoms with Gasteiger partial charge < -0.3 is 0 Å². The van der Waals surface area contributed by atoms with Gasteiger partial charge in [0, 0.05) is 49.7 Å². The van der Waals surface area contributed by atoms with E-state index in [0.29, 0.717) is 5.92 Å². The van der Waals surface area contributed by atoms with Crippen molar-refractivity contribution < 1.29 is 0 Å². The molecule has 4 nitrogen and oxygen atoms in total. The van der Waals surface area contributed by atoms with Crippen LogP contribution in [0.4, 0.5) is 0 Å². The molecule has 0 aliphatic carbocycles. The highest BCUT2D eigenvalue weighted by Crippen LogP contribution is 2.26. The summed E-state index contributed by atoms with van der Waals surface area (Å²) < 4.78 is 1.87. The van der Waals surface area contributed by atoms with Gasteiger partial charge in [0.1, 0.15) is 0 Å². The molecule has 2 aromatic heterocycles. The first kappa shape index (κ1) is 13.3. The molecule has 20 heavy (non-hydrogen) atoms. The van der Waals surface area contributed by atoms with E-state index >= 15 is 0 Å². The van der Waals surface area contributed by atoms with Crippen LogP contribution in [0, 0.1) is 6.92 Å². The Hall–Kier alpha value is -1.68. The zero-order valence-corrected chi connectivity index (χ0v) is 12.3. The predicted molar refractivity (Wildman–Crippen MR) is 79.4 cm³/mol. The van der Waals surface area contributed by atoms with Crippen LogP contribution >= 0.6 is 0 Å². The minimum Gasteiger partial charge on any atom is -0.298 e. The second-order valence-corrected chi connectivity index (χ2v) is 5.86. The first-order valence-electron chi connectivity index (χ1n) is 7.33. The van der Waals surface area contributed by atoms with E-state index in [0.717, 1.165) is 13.1 Å². The highest BCUT2D eigenvalue weighted by molar-refractivity contribution is 5.16. The lowest BCUT2D eigenvalue weighted by Gasteiger charge is -2.32. The number of aromatic nitrogens is 3. The molecule has 1 fully saturated rings. The molecule has 1 saturated heterocycles. The Morgan fingerprint density at radius 1 is 1.30 bits per heavy atom. The summed E-state index contributed by atoms with van der Waals surface area (Å²) in [7, 11) is 1.97. The smallest absolute Gasteiger partial charge is 0.0534 e. The van der Waals surface area contributed by atoms with Gasteiger partial charge in [0.15, 0.2) is 0 Å². The maximum atomic E-state index is 4.60. The van der Waals surface area contributed by atoms with E-state index in [4.69, 9.17) is 0 Å². The first-order valence-corrected chi connectivity index (χ1v) is 7.33. The van der Waals surface area contributed by atoms with E-state index in [2.05, 4.69) is 40.2 Å². The van der Waals surface area contributed by atoms with Crippen LogP contribution in [0.3, 0.4) is 0 Å². The third kappa shape index (κ3) is 3.07. The Labute approximate surface area is 120 Å². The van der Waals surface area contributed by atoms with Gasteiger partial charge in [-0.25, -0.2) is 0 Å². The Morgan fingerprint density at radius 3 is 2.90 bits per heavy atom. The molecule has 0 N–H and O–H groups in total. The number of nitrogens with zero attached hydrogens (tertiary/aromatic N) is 4. The molecule has 3 heterocycles. The number of likely N-dealkylation sites (tertiary alicyclic amines) is 1. The van der Waals surface area contributed by atoms with E-state index in [1.54, 1.807) is 0 Å². The first-order chi connectivity index (χ1) is 9.70. The summed E-state index contributed by atoms with van der Waals surface area (Å²) in [6.45, 7) is 5.37. The van der Waals surface area contributed by atoms with E-state index in [1.165, 1.54) is 36.2 Å². The molecular weight excluding hydrogens is 248 g/mol. The van der Waals surface area contributed by atoms with Crippen molar-refractivity contribution in [2.24, 2.45) is 7.05 Å². The van der Waals surface area contributed by atoms with Crippen LogP contribution in [0.1, 0.15) is 35.6 Å². The fourth-order valence-corrected chi connectivity index (χ4v) is 2.97. The van der Waals surface area contributed by atoms with E-state index in [1.807, 2.05) is 24.1 Å². The maximum absolute atomic E-state index is 4.60. The van der Waals surface area contributed by atoms with E-state index in [-0.39, 0.29) is 0 Å². The van der Waals surface area contributed by atoms with Crippen LogP contribution in [0.15, 0.2) is 30.7 Å². The van der Waals surface area contributed by atoms with Gasteiger partial charge in [0.05, 0.1) is 6.20 Å². The van der Waals surface area contributed by atoms with Gasteiger partial charge in [-0.2, -0.15) is 5.10 Å². The Balaban J connectivity index is 1.65. The Bertz CT molecular complexity index is 558. The van der Waals surface area contributed by atoms with Crippen molar-refractivity contribution >= 4 is 0 Å². The summed E-state index contributed by atoms with van der Waals surface area (Å²) in [5.41, 5.74) is 3.77. The molecule has 0 saturated carbocycles. The van der Waals surface area contributed by atoms with Gasteiger partial charge in [-0.1, -0.05) is 6.07 Å². The molecule has 0 unspecified atom stereocenters. The van der Waals surface area contributed by atoms with Crippen LogP contribution in [0.2, 0.25) is 0 Å². The summed E-state index contributed by atoms with van der Waals surface area (Å²) in [6.07, 6.45) is 8.55. The molecule has 0 aromatic carbocycles. The molecule has 1 aliphatic rings. The number of pyridine rings is 1. The number of piperidine rings is 1. The molecule has 0 radical (unpaired) electrons. The van der Waals surface area contributed by atoms with Crippen molar-refractivity contribution in [1.29, 1.82) is 0 Å². The molecule has 0 spiro atoms. The third-order valence-electron chi connectivity index (χ3n) is 4.02. The van der Waals surface area contributed by atoms with Gasteiger partial charge in [-0.05, 0) is 37.9 Å². The molecule has 0 bridgehead atoms. The lowest BCUT2D eigenvalue weighted by Crippen LogP contribution is -2.34. The second kappa shape index (κ2) is 5.75. The number of hydrogen-bond acceptors (Lipinski definition) is 3. The van der Waals surface area contributed by atoms with Crippen LogP contribution < -0.4 is 0 Å². The molecule has 2 aromatic rings. The Morgan fingerprint density at radius 2 is 2.20 bits per heavy atom. The van der Waals surface area contributed by atoms with Crippen LogP contribution in [0.25, 0.3) is 0 Å². The molecule has 3 rings (SSSR count). The maximum Gasteiger partial charge on any atom is 0.0534 e. The summed E-state index contributed by atoms with van der Waals surface area (Å²) in [5.74, 6) is 0.570. The normalized spacial score (nSPS) is 20.2. The van der Waals surface area contributed by atoms with Crippen molar-refractivity contribution in [2.75, 3.05) is 13.1 Å². The molecule has 1 aliphatic heterocycles. The zero-order chi connectivity index (χ0) is 13.9. The highest BCUT2D eigenvalue weighted by atomic mass is 15.2. The lowest BCUT2D eigenvalue weighted by molar-refractivity contribution is 0.198. The summed E-state index contributed by atoms with van der Waals surface area (Å²) in [5, 5.41) is 4.25. The monoisotopic (exact) mass is 270 g/mol. The minimum absolute atomic E-state index is 0.570. The van der Waals surface area contributed by atoms with Gasteiger partial charge in [-0.15, -0.1) is 0 Å². The van der Waals surface area contributed by atoms with Crippen LogP contribution in [0.5, 0.6) is 0 Å². The molecular formula is C16H22N4. The predicted octanol–water partition coefficient (Wildman–Crippen LogP) is 2.50. The standard InChI is InChI=1S/C16H22N4/c1-13-5-6-16(17-8-13)15-4-3-7-20(12-15)11-14-9-18-19(2)10-14/h5-6,8-10,15H,3-4,7,11-12H2,1-2H3/t15-/m1/s1. The van der Waals surface area contributed by atoms with Crippen molar-refractivity contribution in [3.05, 3.63) is 47.5 Å². The van der Waals surface area contributed by atoms with Crippen molar-refractivity contribution in [3.63, 3.8) is 0 Å². The Kier molecular flexibility index (Phi) is 3.83. The SMILES string of the molecule is Cc1ccc([C@@H]2CCCN(Cc3cnn(C)c3)C2)nc1. The van der Waals surface area contributed by atoms with Crippen molar-refractivity contribution in [2.45, 2.75) is 32.2 Å². The zero-order valence-electron chi connectivity index (χ0n) is 12.3. The molecule has 4 heteroatoms. The highest BCUT2D eigenvalue weighted by Gasteiger charge is 2.22. The summed E-state index contributed by atoms with van der Waals surface area (Å²) >= 11 is 0. The summed E-state index contributed by atoms with van der Waals surface area (Å²) in [4.78, 5) is 7.12. The van der Waals surface area contributed by atoms with Gasteiger partial charge in [0.25, 0.3) is 0 Å². The minimum atomic E-state index is 0.570. The van der Waals surface area contributed by atoms with Gasteiger partial charge in [0.2, 0.25) is 0 Å². The summed E-state index contributed by atoms with van der Waals surface area (Å²) in [6, 6.07) is 4.36. The lowest BCUT2D eigenvalue weighted by atomic mass is 9.94.